The van der Waals surface area contributed by atoms with E-state index in [0.29, 0.717) is 12.5 Å². The van der Waals surface area contributed by atoms with Crippen molar-refractivity contribution >= 4 is 5.69 Å². The molecule has 0 radical (unpaired) electrons. The molecule has 0 saturated carbocycles. The van der Waals surface area contributed by atoms with Gasteiger partial charge in [0.05, 0.1) is 13.2 Å². The molecule has 0 amide bonds. The molecular formula is C20H27NO2. The van der Waals surface area contributed by atoms with Crippen molar-refractivity contribution in [1.29, 1.82) is 0 Å². The van der Waals surface area contributed by atoms with Crippen LogP contribution in [-0.4, -0.2) is 13.2 Å². The molecule has 1 N–H and O–H groups in total. The molecule has 0 bridgehead atoms. The summed E-state index contributed by atoms with van der Waals surface area (Å²) in [6, 6.07) is 16.3. The largest absolute Gasteiger partial charge is 0.494 e. The predicted molar refractivity (Wildman–Crippen MR) is 96.3 cm³/mol. The third-order valence-corrected chi connectivity index (χ3v) is 3.55. The third-order valence-electron chi connectivity index (χ3n) is 3.55. The number of anilines is 1. The first-order chi connectivity index (χ1) is 11.2. The highest BCUT2D eigenvalue weighted by atomic mass is 16.5. The quantitative estimate of drug-likeness (QED) is 0.697. The van der Waals surface area contributed by atoms with E-state index in [1.54, 1.807) is 0 Å². The van der Waals surface area contributed by atoms with Crippen LogP contribution in [0.15, 0.2) is 48.5 Å². The minimum Gasteiger partial charge on any atom is -0.494 e. The minimum absolute atomic E-state index is 0.674. The van der Waals surface area contributed by atoms with Crippen LogP contribution in [0.4, 0.5) is 5.69 Å². The summed E-state index contributed by atoms with van der Waals surface area (Å²) in [6.07, 6.45) is 1.08. The Labute approximate surface area is 139 Å². The Morgan fingerprint density at radius 1 is 0.870 bits per heavy atom. The standard InChI is InChI=1S/C20H27NO2/c1-4-22-19-11-7-18(8-12-19)21-15-17-5-9-20(10-6-17)23-14-13-16(2)3/h5-12,16,21H,4,13-15H2,1-3H3. The number of nitrogens with one attached hydrogen (secondary N) is 1. The zero-order valence-corrected chi connectivity index (χ0v) is 14.3. The highest BCUT2D eigenvalue weighted by Crippen LogP contribution is 2.18. The molecule has 2 aromatic carbocycles. The Morgan fingerprint density at radius 2 is 1.48 bits per heavy atom. The summed E-state index contributed by atoms with van der Waals surface area (Å²) in [6.45, 7) is 8.67. The van der Waals surface area contributed by atoms with Gasteiger partial charge in [0, 0.05) is 12.2 Å². The van der Waals surface area contributed by atoms with Crippen LogP contribution in [0.1, 0.15) is 32.8 Å². The van der Waals surface area contributed by atoms with Crippen molar-refractivity contribution in [2.45, 2.75) is 33.7 Å². The van der Waals surface area contributed by atoms with Crippen LogP contribution in [0, 0.1) is 5.92 Å². The molecule has 2 rings (SSSR count). The molecule has 0 aromatic heterocycles. The van der Waals surface area contributed by atoms with E-state index in [2.05, 4.69) is 31.3 Å². The van der Waals surface area contributed by atoms with E-state index in [1.165, 1.54) is 5.56 Å². The maximum Gasteiger partial charge on any atom is 0.119 e. The molecule has 3 heteroatoms. The Balaban J connectivity index is 1.79. The van der Waals surface area contributed by atoms with E-state index in [4.69, 9.17) is 9.47 Å². The highest BCUT2D eigenvalue weighted by molar-refractivity contribution is 5.47. The molecule has 0 atom stereocenters. The molecule has 0 aliphatic heterocycles. The summed E-state index contributed by atoms with van der Waals surface area (Å²) in [4.78, 5) is 0. The van der Waals surface area contributed by atoms with Crippen LogP contribution in [-0.2, 0) is 6.54 Å². The van der Waals surface area contributed by atoms with Crippen molar-refractivity contribution in [3.63, 3.8) is 0 Å². The Bertz CT molecular complexity index is 561. The topological polar surface area (TPSA) is 30.5 Å². The van der Waals surface area contributed by atoms with Crippen molar-refractivity contribution in [3.8, 4) is 11.5 Å². The number of ether oxygens (including phenoxy) is 2. The smallest absolute Gasteiger partial charge is 0.119 e. The summed E-state index contributed by atoms with van der Waals surface area (Å²) in [7, 11) is 0. The summed E-state index contributed by atoms with van der Waals surface area (Å²) in [5.41, 5.74) is 2.32. The minimum atomic E-state index is 0.674. The molecule has 3 nitrogen and oxygen atoms in total. The SMILES string of the molecule is CCOc1ccc(NCc2ccc(OCCC(C)C)cc2)cc1. The Morgan fingerprint density at radius 3 is 2.09 bits per heavy atom. The number of benzene rings is 2. The van der Waals surface area contributed by atoms with E-state index in [9.17, 15) is 0 Å². The third kappa shape index (κ3) is 6.23. The van der Waals surface area contributed by atoms with Crippen molar-refractivity contribution in [1.82, 2.24) is 0 Å². The zero-order chi connectivity index (χ0) is 16.5. The molecule has 0 heterocycles. The van der Waals surface area contributed by atoms with Crippen LogP contribution in [0.2, 0.25) is 0 Å². The summed E-state index contributed by atoms with van der Waals surface area (Å²) < 4.78 is 11.2. The fourth-order valence-electron chi connectivity index (χ4n) is 2.16. The van der Waals surface area contributed by atoms with Gasteiger partial charge in [0.1, 0.15) is 11.5 Å². The second-order valence-electron chi connectivity index (χ2n) is 5.99. The molecule has 2 aromatic rings. The van der Waals surface area contributed by atoms with Crippen molar-refractivity contribution in [2.75, 3.05) is 18.5 Å². The Kier molecular flexibility index (Phi) is 6.79. The number of hydrogen-bond donors (Lipinski definition) is 1. The van der Waals surface area contributed by atoms with Gasteiger partial charge in [-0.3, -0.25) is 0 Å². The van der Waals surface area contributed by atoms with E-state index in [0.717, 1.165) is 36.8 Å². The van der Waals surface area contributed by atoms with Crippen molar-refractivity contribution in [2.24, 2.45) is 5.92 Å². The van der Waals surface area contributed by atoms with Crippen LogP contribution in [0.3, 0.4) is 0 Å². The van der Waals surface area contributed by atoms with Gasteiger partial charge < -0.3 is 14.8 Å². The molecule has 0 saturated heterocycles. The van der Waals surface area contributed by atoms with Gasteiger partial charge in [0.25, 0.3) is 0 Å². The lowest BCUT2D eigenvalue weighted by atomic mass is 10.1. The Hall–Kier alpha value is -2.16. The van der Waals surface area contributed by atoms with Gasteiger partial charge in [0.2, 0.25) is 0 Å². The van der Waals surface area contributed by atoms with Crippen LogP contribution in [0.5, 0.6) is 11.5 Å². The zero-order valence-electron chi connectivity index (χ0n) is 14.3. The average Bonchev–Trinajstić information content (AvgIpc) is 2.55. The molecular weight excluding hydrogens is 286 g/mol. The normalized spacial score (nSPS) is 10.6. The summed E-state index contributed by atoms with van der Waals surface area (Å²) >= 11 is 0. The first kappa shape index (κ1) is 17.2. The lowest BCUT2D eigenvalue weighted by molar-refractivity contribution is 0.289. The van der Waals surface area contributed by atoms with Gasteiger partial charge in [-0.05, 0) is 61.2 Å². The second kappa shape index (κ2) is 9.09. The summed E-state index contributed by atoms with van der Waals surface area (Å²) in [5, 5.41) is 3.41. The lowest BCUT2D eigenvalue weighted by Gasteiger charge is -2.10. The van der Waals surface area contributed by atoms with Gasteiger partial charge in [-0.25, -0.2) is 0 Å². The summed E-state index contributed by atoms with van der Waals surface area (Å²) in [5.74, 6) is 2.52. The molecule has 0 aliphatic carbocycles. The van der Waals surface area contributed by atoms with Crippen LogP contribution in [0.25, 0.3) is 0 Å². The van der Waals surface area contributed by atoms with E-state index in [1.807, 2.05) is 43.3 Å². The molecule has 0 spiro atoms. The van der Waals surface area contributed by atoms with Crippen LogP contribution >= 0.6 is 0 Å². The molecule has 0 aliphatic rings. The second-order valence-corrected chi connectivity index (χ2v) is 5.99. The van der Waals surface area contributed by atoms with Crippen molar-refractivity contribution < 1.29 is 9.47 Å². The number of hydrogen-bond acceptors (Lipinski definition) is 3. The van der Waals surface area contributed by atoms with E-state index >= 15 is 0 Å². The van der Waals surface area contributed by atoms with E-state index in [-0.39, 0.29) is 0 Å². The lowest BCUT2D eigenvalue weighted by Crippen LogP contribution is -2.02. The maximum absolute atomic E-state index is 5.74. The van der Waals surface area contributed by atoms with E-state index < -0.39 is 0 Å². The number of rotatable bonds is 9. The molecule has 23 heavy (non-hydrogen) atoms. The molecule has 0 unspecified atom stereocenters. The average molecular weight is 313 g/mol. The first-order valence-corrected chi connectivity index (χ1v) is 8.36. The molecule has 0 fully saturated rings. The van der Waals surface area contributed by atoms with Gasteiger partial charge in [-0.1, -0.05) is 26.0 Å². The fraction of sp³-hybridized carbons (Fsp3) is 0.400. The van der Waals surface area contributed by atoms with Crippen molar-refractivity contribution in [3.05, 3.63) is 54.1 Å². The van der Waals surface area contributed by atoms with Gasteiger partial charge >= 0.3 is 0 Å². The highest BCUT2D eigenvalue weighted by Gasteiger charge is 1.99. The van der Waals surface area contributed by atoms with Crippen LogP contribution < -0.4 is 14.8 Å². The fourth-order valence-corrected chi connectivity index (χ4v) is 2.16. The molecule has 124 valence electrons. The first-order valence-electron chi connectivity index (χ1n) is 8.36. The predicted octanol–water partition coefficient (Wildman–Crippen LogP) is 5.12. The van der Waals surface area contributed by atoms with Gasteiger partial charge in [-0.15, -0.1) is 0 Å². The monoisotopic (exact) mass is 313 g/mol. The van der Waals surface area contributed by atoms with Gasteiger partial charge in [0.15, 0.2) is 0 Å². The maximum atomic E-state index is 5.74. The van der Waals surface area contributed by atoms with Gasteiger partial charge in [-0.2, -0.15) is 0 Å².